The second kappa shape index (κ2) is 7.19. The van der Waals surface area contributed by atoms with Crippen LogP contribution in [0.3, 0.4) is 0 Å². The van der Waals surface area contributed by atoms with E-state index in [2.05, 4.69) is 14.9 Å². The number of non-ortho nitro benzene ring substituents is 1. The van der Waals surface area contributed by atoms with Crippen molar-refractivity contribution in [1.82, 2.24) is 9.97 Å². The lowest BCUT2D eigenvalue weighted by atomic mass is 10.1. The van der Waals surface area contributed by atoms with Crippen LogP contribution in [0, 0.1) is 10.1 Å². The molecule has 150 valence electrons. The molecule has 10 heteroatoms. The Labute approximate surface area is 163 Å². The summed E-state index contributed by atoms with van der Waals surface area (Å²) in [5, 5.41) is 12.5. The molecule has 0 atom stereocenters. The van der Waals surface area contributed by atoms with Crippen molar-refractivity contribution in [3.63, 3.8) is 0 Å². The number of halogens is 3. The van der Waals surface area contributed by atoms with Gasteiger partial charge in [0.05, 0.1) is 15.9 Å². The van der Waals surface area contributed by atoms with Crippen LogP contribution in [-0.4, -0.2) is 41.1 Å². The van der Waals surface area contributed by atoms with Gasteiger partial charge in [-0.2, -0.15) is 13.2 Å². The summed E-state index contributed by atoms with van der Waals surface area (Å²) in [6.45, 7) is 2.36. The van der Waals surface area contributed by atoms with Gasteiger partial charge in [0, 0.05) is 61.9 Å². The molecular weight excluding hydrogens is 387 g/mol. The lowest BCUT2D eigenvalue weighted by Crippen LogP contribution is -2.46. The third-order valence-corrected chi connectivity index (χ3v) is 4.99. The number of pyridine rings is 2. The first-order valence-corrected chi connectivity index (χ1v) is 8.89. The number of fused-ring (bicyclic) bond motifs is 1. The van der Waals surface area contributed by atoms with Crippen LogP contribution >= 0.6 is 0 Å². The first-order chi connectivity index (χ1) is 13.8. The van der Waals surface area contributed by atoms with Crippen molar-refractivity contribution in [1.29, 1.82) is 0 Å². The van der Waals surface area contributed by atoms with Crippen molar-refractivity contribution in [3.05, 3.63) is 64.6 Å². The highest BCUT2D eigenvalue weighted by Crippen LogP contribution is 2.34. The fraction of sp³-hybridized carbons (Fsp3) is 0.263. The first-order valence-electron chi connectivity index (χ1n) is 8.89. The van der Waals surface area contributed by atoms with Crippen LogP contribution in [-0.2, 0) is 6.18 Å². The minimum atomic E-state index is -4.41. The zero-order valence-corrected chi connectivity index (χ0v) is 15.1. The Bertz CT molecular complexity index is 1050. The molecule has 0 unspecified atom stereocenters. The van der Waals surface area contributed by atoms with Gasteiger partial charge in [-0.05, 0) is 24.3 Å². The average molecular weight is 403 g/mol. The maximum atomic E-state index is 12.7. The number of alkyl halides is 3. The van der Waals surface area contributed by atoms with Crippen LogP contribution < -0.4 is 9.80 Å². The van der Waals surface area contributed by atoms with E-state index in [9.17, 15) is 23.3 Å². The molecule has 4 rings (SSSR count). The first kappa shape index (κ1) is 18.9. The number of hydrogen-bond donors (Lipinski definition) is 0. The van der Waals surface area contributed by atoms with Crippen LogP contribution in [0.15, 0.2) is 48.9 Å². The number of benzene rings is 1. The minimum absolute atomic E-state index is 0.00411. The predicted molar refractivity (Wildman–Crippen MR) is 102 cm³/mol. The fourth-order valence-corrected chi connectivity index (χ4v) is 3.51. The minimum Gasteiger partial charge on any atom is -0.367 e. The summed E-state index contributed by atoms with van der Waals surface area (Å²) < 4.78 is 38.1. The molecule has 0 bridgehead atoms. The van der Waals surface area contributed by atoms with Crippen molar-refractivity contribution in [2.24, 2.45) is 0 Å². The monoisotopic (exact) mass is 403 g/mol. The summed E-state index contributed by atoms with van der Waals surface area (Å²) in [5.74, 6) is 0.496. The van der Waals surface area contributed by atoms with Gasteiger partial charge in [-0.1, -0.05) is 0 Å². The molecule has 7 nitrogen and oxygen atoms in total. The molecule has 0 radical (unpaired) electrons. The molecule has 0 N–H and O–H groups in total. The highest BCUT2D eigenvalue weighted by molar-refractivity contribution is 5.99. The third-order valence-electron chi connectivity index (χ3n) is 4.99. The standard InChI is InChI=1S/C19H16F3N5O2/c20-19(21,22)13-1-4-18(24-11-13)26-9-7-25(8-10-26)16-2-3-17(27(28)29)15-12-23-6-5-14(15)16/h1-6,11-12H,7-10H2. The van der Waals surface area contributed by atoms with E-state index in [1.807, 2.05) is 4.90 Å². The summed E-state index contributed by atoms with van der Waals surface area (Å²) >= 11 is 0. The van der Waals surface area contributed by atoms with Gasteiger partial charge in [0.15, 0.2) is 0 Å². The molecule has 0 spiro atoms. The number of nitro benzene ring substituents is 1. The molecule has 0 aliphatic carbocycles. The largest absolute Gasteiger partial charge is 0.417 e. The topological polar surface area (TPSA) is 75.4 Å². The summed E-state index contributed by atoms with van der Waals surface area (Å²) in [6, 6.07) is 7.37. The Morgan fingerprint density at radius 2 is 1.66 bits per heavy atom. The molecular formula is C19H16F3N5O2. The third kappa shape index (κ3) is 3.65. The molecule has 3 aromatic rings. The molecule has 0 saturated carbocycles. The predicted octanol–water partition coefficient (Wildman–Crippen LogP) is 3.88. The van der Waals surface area contributed by atoms with E-state index in [0.717, 1.165) is 23.3 Å². The highest BCUT2D eigenvalue weighted by atomic mass is 19.4. The SMILES string of the molecule is O=[N+]([O-])c1ccc(N2CCN(c3ccc(C(F)(F)F)cn3)CC2)c2ccncc12. The maximum absolute atomic E-state index is 12.7. The van der Waals surface area contributed by atoms with Crippen molar-refractivity contribution in [2.75, 3.05) is 36.0 Å². The van der Waals surface area contributed by atoms with Crippen molar-refractivity contribution in [2.45, 2.75) is 6.18 Å². The van der Waals surface area contributed by atoms with E-state index >= 15 is 0 Å². The smallest absolute Gasteiger partial charge is 0.367 e. The number of anilines is 2. The lowest BCUT2D eigenvalue weighted by Gasteiger charge is -2.37. The molecule has 1 saturated heterocycles. The van der Waals surface area contributed by atoms with Crippen LogP contribution in [0.4, 0.5) is 30.4 Å². The summed E-state index contributed by atoms with van der Waals surface area (Å²) in [7, 11) is 0. The Kier molecular flexibility index (Phi) is 4.69. The Balaban J connectivity index is 1.53. The number of rotatable bonds is 3. The van der Waals surface area contributed by atoms with Gasteiger partial charge >= 0.3 is 6.18 Å². The van der Waals surface area contributed by atoms with Crippen molar-refractivity contribution < 1.29 is 18.1 Å². The highest BCUT2D eigenvalue weighted by Gasteiger charge is 2.31. The normalized spacial score (nSPS) is 15.0. The van der Waals surface area contributed by atoms with Crippen LogP contribution in [0.1, 0.15) is 5.56 Å². The average Bonchev–Trinajstić information content (AvgIpc) is 2.72. The molecule has 1 aliphatic heterocycles. The summed E-state index contributed by atoms with van der Waals surface area (Å²) in [4.78, 5) is 22.8. The van der Waals surface area contributed by atoms with E-state index in [-0.39, 0.29) is 5.69 Å². The fourth-order valence-electron chi connectivity index (χ4n) is 3.51. The van der Waals surface area contributed by atoms with Crippen molar-refractivity contribution >= 4 is 28.0 Å². The van der Waals surface area contributed by atoms with Gasteiger partial charge in [0.2, 0.25) is 0 Å². The molecule has 1 aliphatic rings. The maximum Gasteiger partial charge on any atom is 0.417 e. The number of piperazine rings is 1. The van der Waals surface area contributed by atoms with Gasteiger partial charge in [0.1, 0.15) is 5.82 Å². The van der Waals surface area contributed by atoms with Crippen LogP contribution in [0.25, 0.3) is 10.8 Å². The Morgan fingerprint density at radius 1 is 0.931 bits per heavy atom. The van der Waals surface area contributed by atoms with E-state index in [1.54, 1.807) is 18.3 Å². The molecule has 2 aromatic heterocycles. The Morgan fingerprint density at radius 3 is 2.28 bits per heavy atom. The number of aromatic nitrogens is 2. The summed E-state index contributed by atoms with van der Waals surface area (Å²) in [6.07, 6.45) is -0.480. The quantitative estimate of drug-likeness (QED) is 0.488. The van der Waals surface area contributed by atoms with E-state index in [0.29, 0.717) is 37.4 Å². The van der Waals surface area contributed by atoms with Gasteiger partial charge in [-0.15, -0.1) is 0 Å². The number of nitrogens with zero attached hydrogens (tertiary/aromatic N) is 5. The molecule has 3 heterocycles. The Hall–Kier alpha value is -3.43. The zero-order chi connectivity index (χ0) is 20.6. The van der Waals surface area contributed by atoms with E-state index < -0.39 is 16.7 Å². The summed E-state index contributed by atoms with van der Waals surface area (Å²) in [5.41, 5.74) is 0.100. The molecule has 1 aromatic carbocycles. The van der Waals surface area contributed by atoms with E-state index in [4.69, 9.17) is 0 Å². The second-order valence-electron chi connectivity index (χ2n) is 6.66. The van der Waals surface area contributed by atoms with Gasteiger partial charge in [0.25, 0.3) is 5.69 Å². The van der Waals surface area contributed by atoms with Crippen LogP contribution in [0.5, 0.6) is 0 Å². The lowest BCUT2D eigenvalue weighted by molar-refractivity contribution is -0.383. The van der Waals surface area contributed by atoms with E-state index in [1.165, 1.54) is 18.3 Å². The van der Waals surface area contributed by atoms with Gasteiger partial charge < -0.3 is 9.80 Å². The zero-order valence-electron chi connectivity index (χ0n) is 15.1. The van der Waals surface area contributed by atoms with Crippen LogP contribution in [0.2, 0.25) is 0 Å². The van der Waals surface area contributed by atoms with Gasteiger partial charge in [-0.25, -0.2) is 4.98 Å². The van der Waals surface area contributed by atoms with Crippen molar-refractivity contribution in [3.8, 4) is 0 Å². The number of hydrogen-bond acceptors (Lipinski definition) is 6. The molecule has 29 heavy (non-hydrogen) atoms. The number of nitro groups is 1. The second-order valence-corrected chi connectivity index (χ2v) is 6.66. The van der Waals surface area contributed by atoms with Gasteiger partial charge in [-0.3, -0.25) is 15.1 Å². The molecule has 1 fully saturated rings. The molecule has 0 amide bonds.